The number of likely N-dealkylation sites (tertiary alicyclic amines) is 1. The highest BCUT2D eigenvalue weighted by atomic mass is 16.6. The van der Waals surface area contributed by atoms with Crippen LogP contribution in [0.3, 0.4) is 0 Å². The molecule has 1 aliphatic heterocycles. The van der Waals surface area contributed by atoms with Crippen LogP contribution in [0.15, 0.2) is 0 Å². The number of nitrogens with zero attached hydrogens (tertiary/aromatic N) is 1. The molecule has 1 aliphatic rings. The number of amides is 2. The van der Waals surface area contributed by atoms with Crippen molar-refractivity contribution in [1.82, 2.24) is 0 Å². The highest BCUT2D eigenvalue weighted by Crippen LogP contribution is 2.23. The van der Waals surface area contributed by atoms with Crippen LogP contribution in [-0.2, 0) is 14.4 Å². The van der Waals surface area contributed by atoms with Gasteiger partial charge in [0.05, 0.1) is 12.8 Å². The van der Waals surface area contributed by atoms with Crippen LogP contribution in [0.5, 0.6) is 0 Å². The van der Waals surface area contributed by atoms with Crippen LogP contribution in [0.1, 0.15) is 19.8 Å². The average molecular weight is 188 g/mol. The minimum Gasteiger partial charge on any atom is -0.477 e. The molecule has 72 valence electrons. The maximum Gasteiger partial charge on any atom is 0.366 e. The Kier molecular flexibility index (Phi) is 2.19. The van der Waals surface area contributed by atoms with Crippen molar-refractivity contribution in [3.8, 4) is 0 Å². The van der Waals surface area contributed by atoms with E-state index in [9.17, 15) is 19.6 Å². The summed E-state index contributed by atoms with van der Waals surface area (Å²) >= 11 is 0. The smallest absolute Gasteiger partial charge is 0.366 e. The first-order valence-corrected chi connectivity index (χ1v) is 3.81. The molecular formula is C7H10NO5+. The fraction of sp³-hybridized carbons (Fsp3) is 0.571. The first kappa shape index (κ1) is 9.82. The number of hydrogen-bond donors (Lipinski definition) is 2. The van der Waals surface area contributed by atoms with Crippen molar-refractivity contribution in [3.63, 3.8) is 0 Å². The molecule has 1 atom stereocenters. The third kappa shape index (κ3) is 1.24. The highest BCUT2D eigenvalue weighted by molar-refractivity contribution is 5.93. The van der Waals surface area contributed by atoms with E-state index in [-0.39, 0.29) is 12.8 Å². The topological polar surface area (TPSA) is 91.7 Å². The zero-order valence-corrected chi connectivity index (χ0v) is 7.06. The summed E-state index contributed by atoms with van der Waals surface area (Å²) < 4.78 is -1.59. The Hall–Kier alpha value is -1.27. The van der Waals surface area contributed by atoms with Gasteiger partial charge in [-0.15, -0.1) is 0 Å². The van der Waals surface area contributed by atoms with Crippen LogP contribution in [-0.4, -0.2) is 38.8 Å². The second-order valence-electron chi connectivity index (χ2n) is 2.99. The van der Waals surface area contributed by atoms with E-state index in [1.807, 2.05) is 0 Å². The van der Waals surface area contributed by atoms with Crippen molar-refractivity contribution in [2.75, 3.05) is 0 Å². The third-order valence-electron chi connectivity index (χ3n) is 2.23. The van der Waals surface area contributed by atoms with Gasteiger partial charge in [0, 0.05) is 6.92 Å². The van der Waals surface area contributed by atoms with Crippen LogP contribution in [0.25, 0.3) is 0 Å². The van der Waals surface area contributed by atoms with Crippen LogP contribution in [0, 0.1) is 0 Å². The quantitative estimate of drug-likeness (QED) is 0.346. The fourth-order valence-corrected chi connectivity index (χ4v) is 1.29. The number of aliphatic carboxylic acids is 1. The Labute approximate surface area is 73.9 Å². The van der Waals surface area contributed by atoms with Crippen molar-refractivity contribution in [2.45, 2.75) is 25.8 Å². The maximum absolute atomic E-state index is 11.1. The number of hydrogen-bond acceptors (Lipinski definition) is 4. The first-order valence-electron chi connectivity index (χ1n) is 3.81. The summed E-state index contributed by atoms with van der Waals surface area (Å²) in [5, 5.41) is 18.1. The van der Waals surface area contributed by atoms with E-state index in [0.29, 0.717) is 0 Å². The number of hydroxylamine groups is 3. The van der Waals surface area contributed by atoms with Crippen molar-refractivity contribution < 1.29 is 29.3 Å². The van der Waals surface area contributed by atoms with Gasteiger partial charge in [0.25, 0.3) is 0 Å². The molecular weight excluding hydrogens is 178 g/mol. The second kappa shape index (κ2) is 2.90. The molecule has 2 N–H and O–H groups in total. The first-order chi connectivity index (χ1) is 5.90. The molecule has 0 radical (unpaired) electrons. The molecule has 1 rings (SSSR count). The summed E-state index contributed by atoms with van der Waals surface area (Å²) in [6.45, 7) is 1.13. The maximum atomic E-state index is 11.1. The zero-order chi connectivity index (χ0) is 10.2. The molecule has 13 heavy (non-hydrogen) atoms. The van der Waals surface area contributed by atoms with E-state index in [1.54, 1.807) is 0 Å². The van der Waals surface area contributed by atoms with Crippen molar-refractivity contribution in [3.05, 3.63) is 0 Å². The lowest BCUT2D eigenvalue weighted by Crippen LogP contribution is -2.58. The van der Waals surface area contributed by atoms with Gasteiger partial charge in [-0.1, -0.05) is 0 Å². The van der Waals surface area contributed by atoms with E-state index in [1.165, 1.54) is 0 Å². The molecule has 2 amide bonds. The summed E-state index contributed by atoms with van der Waals surface area (Å²) in [5.74, 6) is -2.87. The van der Waals surface area contributed by atoms with Gasteiger partial charge in [0.15, 0.2) is 0 Å². The predicted molar refractivity (Wildman–Crippen MR) is 38.4 cm³/mol. The van der Waals surface area contributed by atoms with Crippen molar-refractivity contribution in [2.24, 2.45) is 0 Å². The number of quaternary nitrogens is 1. The molecule has 0 aliphatic carbocycles. The van der Waals surface area contributed by atoms with Crippen LogP contribution < -0.4 is 0 Å². The summed E-state index contributed by atoms with van der Waals surface area (Å²) in [6, 6.07) is -1.43. The van der Waals surface area contributed by atoms with E-state index in [0.717, 1.165) is 6.92 Å². The van der Waals surface area contributed by atoms with E-state index < -0.39 is 28.5 Å². The van der Waals surface area contributed by atoms with E-state index in [4.69, 9.17) is 5.11 Å². The van der Waals surface area contributed by atoms with Crippen LogP contribution >= 0.6 is 0 Å². The number of carboxylic acid groups (broad SMARTS) is 1. The minimum atomic E-state index is -1.59. The van der Waals surface area contributed by atoms with Gasteiger partial charge in [0.2, 0.25) is 6.04 Å². The number of carbonyl (C=O) groups excluding carboxylic acids is 2. The molecule has 0 spiro atoms. The molecule has 6 nitrogen and oxygen atoms in total. The molecule has 1 saturated heterocycles. The average Bonchev–Trinajstić information content (AvgIpc) is 2.32. The monoisotopic (exact) mass is 188 g/mol. The Balaban J connectivity index is 3.04. The Morgan fingerprint density at radius 1 is 1.38 bits per heavy atom. The molecule has 0 aromatic heterocycles. The largest absolute Gasteiger partial charge is 0.477 e. The van der Waals surface area contributed by atoms with E-state index >= 15 is 0 Å². The lowest BCUT2D eigenvalue weighted by molar-refractivity contribution is -0.983. The highest BCUT2D eigenvalue weighted by Gasteiger charge is 2.56. The summed E-state index contributed by atoms with van der Waals surface area (Å²) in [7, 11) is 0. The van der Waals surface area contributed by atoms with Crippen LogP contribution in [0.4, 0.5) is 0 Å². The molecule has 0 bridgehead atoms. The van der Waals surface area contributed by atoms with Gasteiger partial charge in [0.1, 0.15) is 0 Å². The Bertz CT molecular complexity index is 269. The SMILES string of the molecule is CC(C(=O)O)[N+]1(O)C(=O)CCC1=O. The predicted octanol–water partition coefficient (Wildman–Crippen LogP) is -0.488. The van der Waals surface area contributed by atoms with Gasteiger partial charge in [-0.25, -0.2) is 19.6 Å². The van der Waals surface area contributed by atoms with E-state index in [2.05, 4.69) is 0 Å². The molecule has 1 fully saturated rings. The standard InChI is InChI=1S/C7H9NO5/c1-4(7(11)12)8(13)5(9)2-3-6(8)10/h4,13H,2-3H2,1H3/p+1. The molecule has 0 aromatic rings. The minimum absolute atomic E-state index is 0.0903. The van der Waals surface area contributed by atoms with Gasteiger partial charge in [-0.2, -0.15) is 0 Å². The number of carboxylic acids is 1. The normalized spacial score (nSPS) is 23.2. The molecule has 0 saturated carbocycles. The molecule has 1 unspecified atom stereocenters. The lowest BCUT2D eigenvalue weighted by Gasteiger charge is -2.22. The molecule has 0 aromatic carbocycles. The zero-order valence-electron chi connectivity index (χ0n) is 7.06. The van der Waals surface area contributed by atoms with Gasteiger partial charge >= 0.3 is 17.8 Å². The molecule has 6 heteroatoms. The van der Waals surface area contributed by atoms with Crippen LogP contribution in [0.2, 0.25) is 0 Å². The third-order valence-corrected chi connectivity index (χ3v) is 2.23. The number of imide groups is 1. The summed E-state index contributed by atoms with van der Waals surface area (Å²) in [4.78, 5) is 32.7. The van der Waals surface area contributed by atoms with Crippen molar-refractivity contribution in [1.29, 1.82) is 0 Å². The second-order valence-corrected chi connectivity index (χ2v) is 2.99. The summed E-state index contributed by atoms with van der Waals surface area (Å²) in [5.41, 5.74) is 0. The number of carbonyl (C=O) groups is 3. The van der Waals surface area contributed by atoms with Gasteiger partial charge in [-0.3, -0.25) is 0 Å². The Morgan fingerprint density at radius 3 is 2.08 bits per heavy atom. The van der Waals surface area contributed by atoms with Crippen molar-refractivity contribution >= 4 is 17.8 Å². The fourth-order valence-electron chi connectivity index (χ4n) is 1.29. The molecule has 1 heterocycles. The lowest BCUT2D eigenvalue weighted by atomic mass is 10.3. The summed E-state index contributed by atoms with van der Waals surface area (Å²) in [6.07, 6.45) is -0.181. The Morgan fingerprint density at radius 2 is 1.77 bits per heavy atom. The van der Waals surface area contributed by atoms with Gasteiger partial charge < -0.3 is 5.11 Å². The number of rotatable bonds is 2. The van der Waals surface area contributed by atoms with Gasteiger partial charge in [-0.05, 0) is 4.65 Å².